The lowest BCUT2D eigenvalue weighted by molar-refractivity contribution is 0.173. The minimum atomic E-state index is -0.289. The summed E-state index contributed by atoms with van der Waals surface area (Å²) in [7, 11) is 0. The van der Waals surface area contributed by atoms with Gasteiger partial charge in [0.15, 0.2) is 0 Å². The van der Waals surface area contributed by atoms with Gasteiger partial charge >= 0.3 is 0 Å². The Morgan fingerprint density at radius 1 is 1.10 bits per heavy atom. The number of aliphatic hydroxyl groups excluding tert-OH is 1. The molecule has 0 spiro atoms. The second-order valence-corrected chi connectivity index (χ2v) is 5.18. The van der Waals surface area contributed by atoms with Crippen LogP contribution in [-0.4, -0.2) is 22.7 Å². The predicted molar refractivity (Wildman–Crippen MR) is 81.4 cm³/mol. The molecule has 2 atom stereocenters. The number of rotatable bonds is 7. The van der Waals surface area contributed by atoms with Gasteiger partial charge in [-0.15, -0.1) is 0 Å². The van der Waals surface area contributed by atoms with E-state index in [1.807, 2.05) is 49.6 Å². The van der Waals surface area contributed by atoms with Crippen molar-refractivity contribution in [3.05, 3.63) is 66.0 Å². The molecule has 2 aromatic rings. The van der Waals surface area contributed by atoms with Crippen LogP contribution in [0.1, 0.15) is 30.4 Å². The molecule has 0 saturated carbocycles. The molecule has 0 radical (unpaired) electrons. The van der Waals surface area contributed by atoms with Crippen molar-refractivity contribution in [3.63, 3.8) is 0 Å². The van der Waals surface area contributed by atoms with Gasteiger partial charge in [0, 0.05) is 25.5 Å². The maximum Gasteiger partial charge on any atom is 0.0518 e. The third kappa shape index (κ3) is 4.76. The van der Waals surface area contributed by atoms with Crippen LogP contribution >= 0.6 is 0 Å². The number of pyridine rings is 1. The van der Waals surface area contributed by atoms with Gasteiger partial charge in [0.05, 0.1) is 6.10 Å². The van der Waals surface area contributed by atoms with Crippen molar-refractivity contribution in [2.45, 2.75) is 31.9 Å². The summed E-state index contributed by atoms with van der Waals surface area (Å²) in [6.07, 6.45) is 4.10. The monoisotopic (exact) mass is 270 g/mol. The van der Waals surface area contributed by atoms with E-state index in [2.05, 4.69) is 22.4 Å². The highest BCUT2D eigenvalue weighted by molar-refractivity contribution is 5.20. The van der Waals surface area contributed by atoms with Crippen molar-refractivity contribution >= 4 is 0 Å². The van der Waals surface area contributed by atoms with Crippen molar-refractivity contribution in [2.75, 3.05) is 6.54 Å². The molecule has 0 aliphatic rings. The SMILES string of the molecule is CC(O)CC(CNCc1ccncc1)c1ccccc1. The lowest BCUT2D eigenvalue weighted by Crippen LogP contribution is -2.23. The molecule has 2 rings (SSSR count). The number of nitrogens with zero attached hydrogens (tertiary/aromatic N) is 1. The van der Waals surface area contributed by atoms with Crippen molar-refractivity contribution in [1.82, 2.24) is 10.3 Å². The summed E-state index contributed by atoms with van der Waals surface area (Å²) in [4.78, 5) is 4.01. The molecule has 20 heavy (non-hydrogen) atoms. The Kier molecular flexibility index (Phi) is 5.71. The Labute approximate surface area is 120 Å². The molecule has 3 nitrogen and oxygen atoms in total. The maximum absolute atomic E-state index is 9.66. The highest BCUT2D eigenvalue weighted by Crippen LogP contribution is 2.20. The summed E-state index contributed by atoms with van der Waals surface area (Å²) < 4.78 is 0. The number of aliphatic hydroxyl groups is 1. The molecule has 0 fully saturated rings. The van der Waals surface area contributed by atoms with E-state index in [1.54, 1.807) is 0 Å². The van der Waals surface area contributed by atoms with Gasteiger partial charge in [0.2, 0.25) is 0 Å². The average molecular weight is 270 g/mol. The Balaban J connectivity index is 1.91. The van der Waals surface area contributed by atoms with Crippen molar-refractivity contribution in [3.8, 4) is 0 Å². The fourth-order valence-electron chi connectivity index (χ4n) is 2.37. The number of nitrogens with one attached hydrogen (secondary N) is 1. The van der Waals surface area contributed by atoms with E-state index in [-0.39, 0.29) is 6.10 Å². The lowest BCUT2D eigenvalue weighted by Gasteiger charge is -2.19. The number of benzene rings is 1. The Morgan fingerprint density at radius 2 is 1.80 bits per heavy atom. The van der Waals surface area contributed by atoms with Gasteiger partial charge in [-0.3, -0.25) is 4.98 Å². The number of aromatic nitrogens is 1. The molecule has 106 valence electrons. The van der Waals surface area contributed by atoms with Crippen LogP contribution in [0.3, 0.4) is 0 Å². The van der Waals surface area contributed by atoms with Crippen LogP contribution < -0.4 is 5.32 Å². The molecule has 2 N–H and O–H groups in total. The van der Waals surface area contributed by atoms with Gasteiger partial charge in [0.1, 0.15) is 0 Å². The van der Waals surface area contributed by atoms with E-state index in [0.717, 1.165) is 19.5 Å². The van der Waals surface area contributed by atoms with Crippen LogP contribution in [-0.2, 0) is 6.54 Å². The molecule has 1 aromatic heterocycles. The number of hydrogen-bond donors (Lipinski definition) is 2. The third-order valence-corrected chi connectivity index (χ3v) is 3.37. The summed E-state index contributed by atoms with van der Waals surface area (Å²) >= 11 is 0. The first kappa shape index (κ1) is 14.7. The summed E-state index contributed by atoms with van der Waals surface area (Å²) in [5.74, 6) is 0.332. The molecule has 0 amide bonds. The van der Waals surface area contributed by atoms with Crippen LogP contribution in [0.2, 0.25) is 0 Å². The minimum Gasteiger partial charge on any atom is -0.393 e. The molecule has 1 heterocycles. The molecule has 0 aliphatic heterocycles. The normalized spacial score (nSPS) is 13.9. The fraction of sp³-hybridized carbons (Fsp3) is 0.353. The lowest BCUT2D eigenvalue weighted by atomic mass is 9.93. The molecule has 2 unspecified atom stereocenters. The summed E-state index contributed by atoms with van der Waals surface area (Å²) in [5.41, 5.74) is 2.50. The standard InChI is InChI=1S/C17H22N2O/c1-14(20)11-17(16-5-3-2-4-6-16)13-19-12-15-7-9-18-10-8-15/h2-10,14,17,19-20H,11-13H2,1H3. The number of hydrogen-bond acceptors (Lipinski definition) is 3. The van der Waals surface area contributed by atoms with Crippen LogP contribution in [0.15, 0.2) is 54.9 Å². The maximum atomic E-state index is 9.66. The van der Waals surface area contributed by atoms with E-state index < -0.39 is 0 Å². The van der Waals surface area contributed by atoms with Crippen molar-refractivity contribution < 1.29 is 5.11 Å². The molecular formula is C17H22N2O. The van der Waals surface area contributed by atoms with E-state index in [9.17, 15) is 5.11 Å². The molecular weight excluding hydrogens is 248 g/mol. The zero-order valence-electron chi connectivity index (χ0n) is 11.9. The second-order valence-electron chi connectivity index (χ2n) is 5.18. The molecule has 1 aromatic carbocycles. The zero-order valence-corrected chi connectivity index (χ0v) is 11.9. The predicted octanol–water partition coefficient (Wildman–Crippen LogP) is 2.73. The Bertz CT molecular complexity index is 485. The zero-order chi connectivity index (χ0) is 14.2. The van der Waals surface area contributed by atoms with Crippen LogP contribution in [0.4, 0.5) is 0 Å². The Morgan fingerprint density at radius 3 is 2.45 bits per heavy atom. The first-order valence-corrected chi connectivity index (χ1v) is 7.08. The first-order chi connectivity index (χ1) is 9.75. The van der Waals surface area contributed by atoms with Gasteiger partial charge < -0.3 is 10.4 Å². The van der Waals surface area contributed by atoms with Crippen molar-refractivity contribution in [1.29, 1.82) is 0 Å². The summed E-state index contributed by atoms with van der Waals surface area (Å²) in [6.45, 7) is 3.53. The van der Waals surface area contributed by atoms with Gasteiger partial charge in [-0.1, -0.05) is 30.3 Å². The fourth-order valence-corrected chi connectivity index (χ4v) is 2.37. The highest BCUT2D eigenvalue weighted by Gasteiger charge is 2.13. The van der Waals surface area contributed by atoms with Crippen LogP contribution in [0.25, 0.3) is 0 Å². The van der Waals surface area contributed by atoms with Gasteiger partial charge in [-0.25, -0.2) is 0 Å². The quantitative estimate of drug-likeness (QED) is 0.813. The topological polar surface area (TPSA) is 45.1 Å². The van der Waals surface area contributed by atoms with E-state index in [1.165, 1.54) is 11.1 Å². The molecule has 3 heteroatoms. The minimum absolute atomic E-state index is 0.289. The molecule has 0 bridgehead atoms. The molecule has 0 aliphatic carbocycles. The highest BCUT2D eigenvalue weighted by atomic mass is 16.3. The largest absolute Gasteiger partial charge is 0.393 e. The van der Waals surface area contributed by atoms with E-state index in [4.69, 9.17) is 0 Å². The summed E-state index contributed by atoms with van der Waals surface area (Å²) in [6, 6.07) is 14.4. The van der Waals surface area contributed by atoms with Crippen LogP contribution in [0, 0.1) is 0 Å². The smallest absolute Gasteiger partial charge is 0.0518 e. The van der Waals surface area contributed by atoms with Gasteiger partial charge in [0.25, 0.3) is 0 Å². The van der Waals surface area contributed by atoms with Crippen LogP contribution in [0.5, 0.6) is 0 Å². The summed E-state index contributed by atoms with van der Waals surface area (Å²) in [5, 5.41) is 13.1. The first-order valence-electron chi connectivity index (χ1n) is 7.08. The van der Waals surface area contributed by atoms with Gasteiger partial charge in [-0.2, -0.15) is 0 Å². The van der Waals surface area contributed by atoms with Crippen molar-refractivity contribution in [2.24, 2.45) is 0 Å². The third-order valence-electron chi connectivity index (χ3n) is 3.37. The molecule has 0 saturated heterocycles. The van der Waals surface area contributed by atoms with Gasteiger partial charge in [-0.05, 0) is 42.5 Å². The Hall–Kier alpha value is -1.71. The average Bonchev–Trinajstić information content (AvgIpc) is 2.48. The van der Waals surface area contributed by atoms with E-state index in [0.29, 0.717) is 5.92 Å². The van der Waals surface area contributed by atoms with E-state index >= 15 is 0 Å². The second kappa shape index (κ2) is 7.78.